The maximum Gasteiger partial charge on any atom is 0.295 e. The highest BCUT2D eigenvalue weighted by Crippen LogP contribution is 2.46. The number of amides is 1. The molecule has 1 fully saturated rings. The molecule has 0 aliphatic carbocycles. The zero-order valence-electron chi connectivity index (χ0n) is 24.2. The monoisotopic (exact) mass is 558 g/mol. The molecule has 3 rings (SSSR count). The number of Topliss-reactive ketones (excluding diaryl/α,β-unsaturated/α-hetero) is 1. The Morgan fingerprint density at radius 1 is 1.00 bits per heavy atom. The van der Waals surface area contributed by atoms with Crippen molar-refractivity contribution in [3.8, 4) is 23.0 Å². The lowest BCUT2D eigenvalue weighted by molar-refractivity contribution is -0.140. The number of ether oxygens (including phenoxy) is 4. The first kappa shape index (κ1) is 30.7. The van der Waals surface area contributed by atoms with Gasteiger partial charge in [0.2, 0.25) is 5.75 Å². The summed E-state index contributed by atoms with van der Waals surface area (Å²) in [5, 5.41) is 11.4. The molecular formula is C30H39FN2O7. The molecule has 218 valence electrons. The minimum Gasteiger partial charge on any atom is -0.507 e. The van der Waals surface area contributed by atoms with Crippen LogP contribution in [0.5, 0.6) is 23.0 Å². The summed E-state index contributed by atoms with van der Waals surface area (Å²) in [6.07, 6.45) is 0.349. The molecule has 0 bridgehead atoms. The Hall–Kier alpha value is -3.79. The van der Waals surface area contributed by atoms with Gasteiger partial charge in [-0.3, -0.25) is 9.59 Å². The Labute approximate surface area is 235 Å². The van der Waals surface area contributed by atoms with E-state index in [1.807, 2.05) is 0 Å². The SMILES string of the molecule is CCN(CC)CCCN1C(=O)C(=O)C(=C(O)c2ccc(OC(C)C)c(F)c2)[C@H]1c1cc(OC)c(OC)c(OC)c1. The molecule has 1 aliphatic heterocycles. The summed E-state index contributed by atoms with van der Waals surface area (Å²) < 4.78 is 36.8. The number of carbonyl (C=O) groups excluding carboxylic acids is 2. The predicted molar refractivity (Wildman–Crippen MR) is 150 cm³/mol. The largest absolute Gasteiger partial charge is 0.507 e. The average Bonchev–Trinajstić information content (AvgIpc) is 3.19. The van der Waals surface area contributed by atoms with Crippen molar-refractivity contribution in [2.24, 2.45) is 0 Å². The summed E-state index contributed by atoms with van der Waals surface area (Å²) in [5.41, 5.74) is 0.365. The third-order valence-electron chi connectivity index (χ3n) is 6.88. The first-order chi connectivity index (χ1) is 19.1. The van der Waals surface area contributed by atoms with E-state index in [0.29, 0.717) is 29.2 Å². The van der Waals surface area contributed by atoms with E-state index >= 15 is 0 Å². The molecule has 0 aromatic heterocycles. The maximum absolute atomic E-state index is 14.8. The van der Waals surface area contributed by atoms with Gasteiger partial charge in [-0.1, -0.05) is 13.8 Å². The lowest BCUT2D eigenvalue weighted by atomic mass is 9.94. The molecule has 1 heterocycles. The van der Waals surface area contributed by atoms with Crippen molar-refractivity contribution in [1.82, 2.24) is 9.80 Å². The molecule has 0 saturated carbocycles. The quantitative estimate of drug-likeness (QED) is 0.213. The molecule has 1 N–H and O–H groups in total. The molecule has 0 spiro atoms. The summed E-state index contributed by atoms with van der Waals surface area (Å²) in [5.74, 6) is -1.78. The van der Waals surface area contributed by atoms with Crippen LogP contribution in [0.25, 0.3) is 5.76 Å². The Morgan fingerprint density at radius 2 is 1.62 bits per heavy atom. The van der Waals surface area contributed by atoms with Gasteiger partial charge in [0.15, 0.2) is 23.1 Å². The number of aliphatic hydroxyl groups excluding tert-OH is 1. The summed E-state index contributed by atoms with van der Waals surface area (Å²) >= 11 is 0. The fourth-order valence-electron chi connectivity index (χ4n) is 4.87. The molecule has 0 unspecified atom stereocenters. The van der Waals surface area contributed by atoms with Crippen LogP contribution in [0.3, 0.4) is 0 Å². The second-order valence-electron chi connectivity index (χ2n) is 9.64. The highest BCUT2D eigenvalue weighted by atomic mass is 19.1. The maximum atomic E-state index is 14.8. The normalized spacial score (nSPS) is 16.6. The van der Waals surface area contributed by atoms with Crippen LogP contribution in [0.15, 0.2) is 35.9 Å². The minimum atomic E-state index is -0.972. The summed E-state index contributed by atoms with van der Waals surface area (Å²) in [6.45, 7) is 10.3. The predicted octanol–water partition coefficient (Wildman–Crippen LogP) is 4.79. The van der Waals surface area contributed by atoms with Gasteiger partial charge in [-0.15, -0.1) is 0 Å². The van der Waals surface area contributed by atoms with Crippen LogP contribution >= 0.6 is 0 Å². The van der Waals surface area contributed by atoms with E-state index in [0.717, 1.165) is 25.7 Å². The zero-order valence-corrected chi connectivity index (χ0v) is 24.2. The third kappa shape index (κ3) is 6.33. The Morgan fingerprint density at radius 3 is 2.12 bits per heavy atom. The van der Waals surface area contributed by atoms with Gasteiger partial charge in [0.05, 0.1) is 39.0 Å². The molecule has 1 amide bonds. The number of likely N-dealkylation sites (tertiary alicyclic amines) is 1. The highest BCUT2D eigenvalue weighted by molar-refractivity contribution is 6.46. The molecule has 9 nitrogen and oxygen atoms in total. The molecule has 2 aromatic carbocycles. The summed E-state index contributed by atoms with van der Waals surface area (Å²) in [6, 6.07) is 6.24. The first-order valence-electron chi connectivity index (χ1n) is 13.4. The molecule has 1 saturated heterocycles. The molecular weight excluding hydrogens is 519 g/mol. The number of hydrogen-bond donors (Lipinski definition) is 1. The molecule has 1 atom stereocenters. The molecule has 40 heavy (non-hydrogen) atoms. The van der Waals surface area contributed by atoms with Crippen LogP contribution in [-0.2, 0) is 9.59 Å². The number of hydrogen-bond acceptors (Lipinski definition) is 8. The van der Waals surface area contributed by atoms with Crippen LogP contribution < -0.4 is 18.9 Å². The van der Waals surface area contributed by atoms with E-state index in [1.165, 1.54) is 38.4 Å². The lowest BCUT2D eigenvalue weighted by Crippen LogP contribution is -2.33. The number of aliphatic hydroxyl groups is 1. The molecule has 0 radical (unpaired) electrons. The smallest absolute Gasteiger partial charge is 0.295 e. The fraction of sp³-hybridized carbons (Fsp3) is 0.467. The molecule has 1 aliphatic rings. The van der Waals surface area contributed by atoms with E-state index in [2.05, 4.69) is 18.7 Å². The Kier molecular flexibility index (Phi) is 10.4. The van der Waals surface area contributed by atoms with Gasteiger partial charge in [0.25, 0.3) is 11.7 Å². The average molecular weight is 559 g/mol. The standard InChI is InChI=1S/C30H39FN2O7/c1-8-32(9-2)13-10-14-33-26(20-16-23(37-5)29(39-7)24(17-20)38-6)25(28(35)30(33)36)27(34)19-11-12-22(21(31)15-19)40-18(3)4/h11-12,15-18,26,34H,8-10,13-14H2,1-7H3/t26-/m1/s1. The van der Waals surface area contributed by atoms with Gasteiger partial charge in [-0.2, -0.15) is 0 Å². The summed E-state index contributed by atoms with van der Waals surface area (Å²) in [4.78, 5) is 30.4. The van der Waals surface area contributed by atoms with Crippen LogP contribution in [-0.4, -0.2) is 80.2 Å². The van der Waals surface area contributed by atoms with Crippen molar-refractivity contribution in [1.29, 1.82) is 0 Å². The first-order valence-corrected chi connectivity index (χ1v) is 13.4. The van der Waals surface area contributed by atoms with Crippen molar-refractivity contribution >= 4 is 17.4 Å². The topological polar surface area (TPSA) is 97.8 Å². The van der Waals surface area contributed by atoms with Crippen molar-refractivity contribution in [3.05, 3.63) is 52.8 Å². The number of methoxy groups -OCH3 is 3. The van der Waals surface area contributed by atoms with Crippen LogP contribution in [0.2, 0.25) is 0 Å². The third-order valence-corrected chi connectivity index (χ3v) is 6.88. The van der Waals surface area contributed by atoms with Crippen LogP contribution in [0.1, 0.15) is 51.3 Å². The second-order valence-corrected chi connectivity index (χ2v) is 9.64. The Bertz CT molecular complexity index is 1230. The van der Waals surface area contributed by atoms with Crippen LogP contribution in [0.4, 0.5) is 4.39 Å². The van der Waals surface area contributed by atoms with Crippen molar-refractivity contribution < 1.29 is 38.0 Å². The van der Waals surface area contributed by atoms with Gasteiger partial charge >= 0.3 is 0 Å². The number of benzene rings is 2. The Balaban J connectivity index is 2.17. The minimum absolute atomic E-state index is 0.0181. The van der Waals surface area contributed by atoms with E-state index in [4.69, 9.17) is 18.9 Å². The van der Waals surface area contributed by atoms with Crippen LogP contribution in [0, 0.1) is 5.82 Å². The highest BCUT2D eigenvalue weighted by Gasteiger charge is 2.46. The number of nitrogens with zero attached hydrogens (tertiary/aromatic N) is 2. The van der Waals surface area contributed by atoms with E-state index in [9.17, 15) is 19.1 Å². The lowest BCUT2D eigenvalue weighted by Gasteiger charge is -2.27. The number of ketones is 1. The number of halogens is 1. The van der Waals surface area contributed by atoms with E-state index in [1.54, 1.807) is 26.0 Å². The molecule has 2 aromatic rings. The summed E-state index contributed by atoms with van der Waals surface area (Å²) in [7, 11) is 4.40. The zero-order chi connectivity index (χ0) is 29.6. The van der Waals surface area contributed by atoms with Gasteiger partial charge in [-0.05, 0) is 75.8 Å². The molecule has 10 heteroatoms. The van der Waals surface area contributed by atoms with Gasteiger partial charge < -0.3 is 33.9 Å². The van der Waals surface area contributed by atoms with Gasteiger partial charge in [0, 0.05) is 12.1 Å². The van der Waals surface area contributed by atoms with Gasteiger partial charge in [-0.25, -0.2) is 4.39 Å². The number of carbonyl (C=O) groups is 2. The fourth-order valence-corrected chi connectivity index (χ4v) is 4.87. The van der Waals surface area contributed by atoms with E-state index in [-0.39, 0.29) is 29.5 Å². The van der Waals surface area contributed by atoms with Crippen molar-refractivity contribution in [2.75, 3.05) is 47.5 Å². The van der Waals surface area contributed by atoms with Crippen molar-refractivity contribution in [3.63, 3.8) is 0 Å². The second kappa shape index (κ2) is 13.5. The van der Waals surface area contributed by atoms with Crippen molar-refractivity contribution in [2.45, 2.75) is 46.3 Å². The number of rotatable bonds is 13. The van der Waals surface area contributed by atoms with E-state index < -0.39 is 29.3 Å². The van der Waals surface area contributed by atoms with Gasteiger partial charge in [0.1, 0.15) is 5.76 Å².